The van der Waals surface area contributed by atoms with Gasteiger partial charge in [-0.3, -0.25) is 4.79 Å². The van der Waals surface area contributed by atoms with Crippen molar-refractivity contribution in [2.75, 3.05) is 26.9 Å². The first-order valence-corrected chi connectivity index (χ1v) is 10.3. The van der Waals surface area contributed by atoms with E-state index in [2.05, 4.69) is 39.9 Å². The summed E-state index contributed by atoms with van der Waals surface area (Å²) < 4.78 is 16.5. The zero-order chi connectivity index (χ0) is 20.2. The summed E-state index contributed by atoms with van der Waals surface area (Å²) >= 11 is 1.65. The largest absolute Gasteiger partial charge is 0.493 e. The summed E-state index contributed by atoms with van der Waals surface area (Å²) in [6, 6.07) is 11.6. The third kappa shape index (κ3) is 4.35. The van der Waals surface area contributed by atoms with Gasteiger partial charge in [0.15, 0.2) is 11.5 Å². The van der Waals surface area contributed by atoms with E-state index in [1.54, 1.807) is 30.6 Å². The van der Waals surface area contributed by atoms with Crippen molar-refractivity contribution in [3.05, 3.63) is 57.9 Å². The molecule has 0 saturated heterocycles. The van der Waals surface area contributed by atoms with Crippen molar-refractivity contribution in [3.63, 3.8) is 0 Å². The van der Waals surface area contributed by atoms with Crippen LogP contribution in [0.4, 0.5) is 0 Å². The second-order valence-corrected chi connectivity index (χ2v) is 7.72. The molecule has 3 aromatic rings. The molecule has 7 heteroatoms. The Kier molecular flexibility index (Phi) is 5.67. The molecule has 0 aliphatic carbocycles. The van der Waals surface area contributed by atoms with Gasteiger partial charge in [-0.25, -0.2) is 4.98 Å². The van der Waals surface area contributed by atoms with E-state index in [4.69, 9.17) is 14.2 Å². The number of carbonyl (C=O) groups excluding carboxylic acids is 1. The molecular formula is C22H22N2O4S. The average Bonchev–Trinajstić information content (AvgIpc) is 3.19. The number of methoxy groups -OCH3 is 1. The molecule has 150 valence electrons. The Balaban J connectivity index is 1.36. The number of aryl methyl sites for hydroxylation is 1. The number of aromatic nitrogens is 1. The molecule has 29 heavy (non-hydrogen) atoms. The highest BCUT2D eigenvalue weighted by molar-refractivity contribution is 7.09. The smallest absolute Gasteiger partial charge is 0.251 e. The predicted molar refractivity (Wildman–Crippen MR) is 112 cm³/mol. The molecule has 4 rings (SSSR count). The minimum Gasteiger partial charge on any atom is -0.493 e. The molecule has 0 atom stereocenters. The number of hydrogen-bond acceptors (Lipinski definition) is 6. The fourth-order valence-corrected chi connectivity index (χ4v) is 3.79. The van der Waals surface area contributed by atoms with Crippen molar-refractivity contribution in [1.29, 1.82) is 0 Å². The lowest BCUT2D eigenvalue weighted by molar-refractivity contribution is 0.0952. The maximum absolute atomic E-state index is 12.6. The van der Waals surface area contributed by atoms with Crippen molar-refractivity contribution in [1.82, 2.24) is 10.3 Å². The van der Waals surface area contributed by atoms with Gasteiger partial charge in [0, 0.05) is 23.1 Å². The number of thiazole rings is 1. The zero-order valence-electron chi connectivity index (χ0n) is 16.4. The first kappa shape index (κ1) is 19.3. The molecule has 1 N–H and O–H groups in total. The maximum atomic E-state index is 12.6. The summed E-state index contributed by atoms with van der Waals surface area (Å²) in [5, 5.41) is 6.07. The van der Waals surface area contributed by atoms with Crippen molar-refractivity contribution in [2.24, 2.45) is 0 Å². The van der Waals surface area contributed by atoms with Crippen molar-refractivity contribution in [2.45, 2.75) is 13.3 Å². The van der Waals surface area contributed by atoms with Crippen molar-refractivity contribution >= 4 is 17.2 Å². The van der Waals surface area contributed by atoms with Crippen LogP contribution in [0.5, 0.6) is 17.2 Å². The van der Waals surface area contributed by atoms with E-state index in [1.165, 1.54) is 0 Å². The Bertz CT molecular complexity index is 997. The van der Waals surface area contributed by atoms with Gasteiger partial charge in [0.25, 0.3) is 5.91 Å². The lowest BCUT2D eigenvalue weighted by Crippen LogP contribution is -2.26. The molecule has 2 heterocycles. The van der Waals surface area contributed by atoms with Gasteiger partial charge >= 0.3 is 0 Å². The second-order valence-electron chi connectivity index (χ2n) is 6.66. The molecule has 2 aromatic carbocycles. The lowest BCUT2D eigenvalue weighted by atomic mass is 10.1. The van der Waals surface area contributed by atoms with E-state index in [-0.39, 0.29) is 5.91 Å². The highest BCUT2D eigenvalue weighted by atomic mass is 32.1. The fraction of sp³-hybridized carbons (Fsp3) is 0.273. The minimum atomic E-state index is -0.171. The lowest BCUT2D eigenvalue weighted by Gasteiger charge is -2.21. The Hall–Kier alpha value is -3.06. The SMILES string of the molecule is COc1cc(C(=O)NCCc2ccc(-c3csc(C)n3)cc2)cc2c1OCCO2. The summed E-state index contributed by atoms with van der Waals surface area (Å²) in [6.07, 6.45) is 0.740. The monoisotopic (exact) mass is 410 g/mol. The maximum Gasteiger partial charge on any atom is 0.251 e. The normalized spacial score (nSPS) is 12.5. The number of benzene rings is 2. The van der Waals surface area contributed by atoms with Crippen LogP contribution in [-0.2, 0) is 6.42 Å². The Morgan fingerprint density at radius 2 is 2.00 bits per heavy atom. The quantitative estimate of drug-likeness (QED) is 0.668. The van der Waals surface area contributed by atoms with Crippen LogP contribution in [0.1, 0.15) is 20.9 Å². The van der Waals surface area contributed by atoms with Crippen LogP contribution < -0.4 is 19.5 Å². The van der Waals surface area contributed by atoms with Crippen LogP contribution in [0.2, 0.25) is 0 Å². The van der Waals surface area contributed by atoms with Gasteiger partial charge in [0.05, 0.1) is 17.8 Å². The molecule has 1 aliphatic heterocycles. The number of nitrogens with zero attached hydrogens (tertiary/aromatic N) is 1. The first-order chi connectivity index (χ1) is 14.1. The number of amides is 1. The second kappa shape index (κ2) is 8.53. The highest BCUT2D eigenvalue weighted by Crippen LogP contribution is 2.40. The molecule has 0 saturated carbocycles. The van der Waals surface area contributed by atoms with Crippen LogP contribution in [-0.4, -0.2) is 37.8 Å². The zero-order valence-corrected chi connectivity index (χ0v) is 17.2. The average molecular weight is 410 g/mol. The van der Waals surface area contributed by atoms with Gasteiger partial charge in [-0.15, -0.1) is 11.3 Å². The highest BCUT2D eigenvalue weighted by Gasteiger charge is 2.20. The molecule has 0 fully saturated rings. The molecule has 0 spiro atoms. The number of carbonyl (C=O) groups is 1. The van der Waals surface area contributed by atoms with E-state index in [1.807, 2.05) is 6.92 Å². The standard InChI is InChI=1S/C22H22N2O4S/c1-14-24-18(13-29-14)16-5-3-15(4-6-16)7-8-23-22(25)17-11-19(26-2)21-20(12-17)27-9-10-28-21/h3-6,11-13H,7-10H2,1-2H3,(H,23,25). The van der Waals surface area contributed by atoms with Crippen LogP contribution in [0.25, 0.3) is 11.3 Å². The number of rotatable bonds is 6. The molecule has 1 amide bonds. The summed E-state index contributed by atoms with van der Waals surface area (Å²) in [7, 11) is 1.55. The molecule has 0 unspecified atom stereocenters. The Morgan fingerprint density at radius 1 is 1.21 bits per heavy atom. The number of fused-ring (bicyclic) bond motifs is 1. The fourth-order valence-electron chi connectivity index (χ4n) is 3.16. The predicted octanol–water partition coefficient (Wildman–Crippen LogP) is 3.87. The molecule has 0 radical (unpaired) electrons. The van der Waals surface area contributed by atoms with E-state index in [9.17, 15) is 4.79 Å². The summed E-state index contributed by atoms with van der Waals surface area (Å²) in [4.78, 5) is 17.1. The Labute approximate surface area is 173 Å². The number of ether oxygens (including phenoxy) is 3. The van der Waals surface area contributed by atoms with Crippen LogP contribution in [0.15, 0.2) is 41.8 Å². The van der Waals surface area contributed by atoms with Crippen LogP contribution >= 0.6 is 11.3 Å². The summed E-state index contributed by atoms with van der Waals surface area (Å²) in [5.41, 5.74) is 3.74. The van der Waals surface area contributed by atoms with Crippen LogP contribution in [0.3, 0.4) is 0 Å². The van der Waals surface area contributed by atoms with Gasteiger partial charge in [-0.1, -0.05) is 24.3 Å². The van der Waals surface area contributed by atoms with Gasteiger partial charge in [0.2, 0.25) is 5.75 Å². The van der Waals surface area contributed by atoms with E-state index in [0.29, 0.717) is 42.6 Å². The van der Waals surface area contributed by atoms with E-state index in [0.717, 1.165) is 28.2 Å². The van der Waals surface area contributed by atoms with Crippen molar-refractivity contribution < 1.29 is 19.0 Å². The van der Waals surface area contributed by atoms with E-state index < -0.39 is 0 Å². The number of nitrogens with one attached hydrogen (secondary N) is 1. The van der Waals surface area contributed by atoms with Gasteiger partial charge in [0.1, 0.15) is 13.2 Å². The molecule has 1 aromatic heterocycles. The third-order valence-corrected chi connectivity index (χ3v) is 5.43. The van der Waals surface area contributed by atoms with Gasteiger partial charge in [-0.05, 0) is 31.0 Å². The summed E-state index contributed by atoms with van der Waals surface area (Å²) in [6.45, 7) is 3.46. The molecule has 1 aliphatic rings. The topological polar surface area (TPSA) is 69.7 Å². The van der Waals surface area contributed by atoms with Gasteiger partial charge in [-0.2, -0.15) is 0 Å². The first-order valence-electron chi connectivity index (χ1n) is 9.41. The molecular weight excluding hydrogens is 388 g/mol. The van der Waals surface area contributed by atoms with Gasteiger partial charge < -0.3 is 19.5 Å². The van der Waals surface area contributed by atoms with E-state index >= 15 is 0 Å². The minimum absolute atomic E-state index is 0.171. The number of hydrogen-bond donors (Lipinski definition) is 1. The summed E-state index contributed by atoms with van der Waals surface area (Å²) in [5.74, 6) is 1.41. The van der Waals surface area contributed by atoms with Crippen molar-refractivity contribution in [3.8, 4) is 28.5 Å². The Morgan fingerprint density at radius 3 is 2.72 bits per heavy atom. The molecule has 6 nitrogen and oxygen atoms in total. The molecule has 0 bridgehead atoms. The third-order valence-electron chi connectivity index (χ3n) is 4.66. The van der Waals surface area contributed by atoms with Crippen LogP contribution in [0, 0.1) is 6.92 Å².